The molecule has 0 amide bonds. The molecule has 2 aromatic carbocycles. The van der Waals surface area contributed by atoms with Gasteiger partial charge >= 0.3 is 11.7 Å². The van der Waals surface area contributed by atoms with Gasteiger partial charge in [0.15, 0.2) is 0 Å². The first-order valence-corrected chi connectivity index (χ1v) is 9.23. The SMILES string of the molecule is COC(=O)C1=C(C)Nc2[nH]c(=O)[nH]c(=O)c2[C@@H]1c1cccc(Oc2ccccc2)c1. The first-order valence-electron chi connectivity index (χ1n) is 9.23. The summed E-state index contributed by atoms with van der Waals surface area (Å²) in [6.45, 7) is 1.69. The third-order valence-electron chi connectivity index (χ3n) is 4.85. The highest BCUT2D eigenvalue weighted by molar-refractivity contribution is 5.94. The lowest BCUT2D eigenvalue weighted by Gasteiger charge is -2.28. The molecule has 3 N–H and O–H groups in total. The highest BCUT2D eigenvalue weighted by atomic mass is 16.5. The third-order valence-corrected chi connectivity index (χ3v) is 4.85. The number of aromatic amines is 2. The van der Waals surface area contributed by atoms with E-state index in [1.165, 1.54) is 7.11 Å². The predicted molar refractivity (Wildman–Crippen MR) is 111 cm³/mol. The number of aromatic nitrogens is 2. The number of fused-ring (bicyclic) bond motifs is 1. The molecular weight excluding hydrogens is 386 g/mol. The van der Waals surface area contributed by atoms with Crippen molar-refractivity contribution < 1.29 is 14.3 Å². The molecular formula is C22H19N3O5. The van der Waals surface area contributed by atoms with Crippen LogP contribution in [-0.2, 0) is 9.53 Å². The number of para-hydroxylation sites is 1. The number of methoxy groups -OCH3 is 1. The molecule has 30 heavy (non-hydrogen) atoms. The third kappa shape index (κ3) is 3.50. The molecule has 3 aromatic rings. The van der Waals surface area contributed by atoms with Crippen LogP contribution in [0.4, 0.5) is 5.82 Å². The van der Waals surface area contributed by atoms with Crippen molar-refractivity contribution in [3.8, 4) is 11.5 Å². The molecule has 0 aliphatic carbocycles. The van der Waals surface area contributed by atoms with Gasteiger partial charge in [-0.2, -0.15) is 0 Å². The summed E-state index contributed by atoms with van der Waals surface area (Å²) < 4.78 is 10.9. The number of anilines is 1. The topological polar surface area (TPSA) is 113 Å². The number of esters is 1. The maximum absolute atomic E-state index is 12.7. The lowest BCUT2D eigenvalue weighted by molar-refractivity contribution is -0.136. The number of carbonyl (C=O) groups excluding carboxylic acids is 1. The number of benzene rings is 2. The second-order valence-electron chi connectivity index (χ2n) is 6.77. The minimum absolute atomic E-state index is 0.220. The van der Waals surface area contributed by atoms with Crippen LogP contribution < -0.4 is 21.3 Å². The monoisotopic (exact) mass is 405 g/mol. The zero-order valence-corrected chi connectivity index (χ0v) is 16.3. The van der Waals surface area contributed by atoms with E-state index < -0.39 is 23.1 Å². The smallest absolute Gasteiger partial charge is 0.336 e. The van der Waals surface area contributed by atoms with Crippen LogP contribution in [0.2, 0.25) is 0 Å². The molecule has 8 nitrogen and oxygen atoms in total. The van der Waals surface area contributed by atoms with Gasteiger partial charge in [-0.3, -0.25) is 14.8 Å². The van der Waals surface area contributed by atoms with Crippen LogP contribution in [0.1, 0.15) is 24.0 Å². The van der Waals surface area contributed by atoms with E-state index in [1.807, 2.05) is 30.3 Å². The van der Waals surface area contributed by atoms with Crippen molar-refractivity contribution in [2.24, 2.45) is 0 Å². The molecule has 2 heterocycles. The molecule has 0 fully saturated rings. The van der Waals surface area contributed by atoms with E-state index in [9.17, 15) is 14.4 Å². The minimum atomic E-state index is -0.756. The van der Waals surface area contributed by atoms with Gasteiger partial charge in [0.05, 0.1) is 24.2 Å². The number of hydrogen-bond acceptors (Lipinski definition) is 6. The molecule has 0 radical (unpaired) electrons. The van der Waals surface area contributed by atoms with Crippen molar-refractivity contribution in [2.75, 3.05) is 12.4 Å². The largest absolute Gasteiger partial charge is 0.466 e. The fourth-order valence-corrected chi connectivity index (χ4v) is 3.58. The molecule has 1 atom stereocenters. The van der Waals surface area contributed by atoms with Gasteiger partial charge in [-0.1, -0.05) is 30.3 Å². The van der Waals surface area contributed by atoms with Gasteiger partial charge in [0.25, 0.3) is 5.56 Å². The summed E-state index contributed by atoms with van der Waals surface area (Å²) in [4.78, 5) is 41.9. The van der Waals surface area contributed by atoms with Gasteiger partial charge in [0, 0.05) is 5.70 Å². The van der Waals surface area contributed by atoms with E-state index in [-0.39, 0.29) is 17.0 Å². The molecule has 4 rings (SSSR count). The van der Waals surface area contributed by atoms with Crippen molar-refractivity contribution in [3.05, 3.63) is 97.8 Å². The van der Waals surface area contributed by atoms with Crippen LogP contribution >= 0.6 is 0 Å². The number of nitrogens with one attached hydrogen (secondary N) is 3. The first-order chi connectivity index (χ1) is 14.5. The molecule has 0 saturated carbocycles. The lowest BCUT2D eigenvalue weighted by atomic mass is 9.82. The van der Waals surface area contributed by atoms with E-state index in [0.29, 0.717) is 22.8 Å². The Hall–Kier alpha value is -4.07. The summed E-state index contributed by atoms with van der Waals surface area (Å²) >= 11 is 0. The van der Waals surface area contributed by atoms with E-state index >= 15 is 0 Å². The van der Waals surface area contributed by atoms with E-state index in [0.717, 1.165) is 0 Å². The molecule has 0 spiro atoms. The van der Waals surface area contributed by atoms with Crippen LogP contribution in [0.5, 0.6) is 11.5 Å². The summed E-state index contributed by atoms with van der Waals surface area (Å²) in [6, 6.07) is 16.4. The highest BCUT2D eigenvalue weighted by Crippen LogP contribution is 2.40. The van der Waals surface area contributed by atoms with Gasteiger partial charge < -0.3 is 14.8 Å². The second-order valence-corrected chi connectivity index (χ2v) is 6.77. The Labute approximate surface area is 171 Å². The highest BCUT2D eigenvalue weighted by Gasteiger charge is 2.35. The van der Waals surface area contributed by atoms with Crippen LogP contribution in [0.25, 0.3) is 0 Å². The van der Waals surface area contributed by atoms with Crippen LogP contribution in [0.3, 0.4) is 0 Å². The average molecular weight is 405 g/mol. The molecule has 0 bridgehead atoms. The Morgan fingerprint density at radius 1 is 0.967 bits per heavy atom. The standard InChI is InChI=1S/C22H19N3O5/c1-12-16(21(27)29-2)17(18-19(23-12)24-22(28)25-20(18)26)13-7-6-10-15(11-13)30-14-8-4-3-5-9-14/h3-11,17H,1-2H3,(H3,23,24,25,26,28)/t17-/m1/s1. The molecule has 1 aromatic heterocycles. The zero-order valence-electron chi connectivity index (χ0n) is 16.3. The number of hydrogen-bond donors (Lipinski definition) is 3. The fourth-order valence-electron chi connectivity index (χ4n) is 3.58. The average Bonchev–Trinajstić information content (AvgIpc) is 2.73. The zero-order chi connectivity index (χ0) is 21.3. The van der Waals surface area contributed by atoms with Crippen LogP contribution in [-0.4, -0.2) is 23.0 Å². The van der Waals surface area contributed by atoms with Crippen LogP contribution in [0.15, 0.2) is 75.5 Å². The van der Waals surface area contributed by atoms with Gasteiger partial charge in [-0.05, 0) is 36.8 Å². The summed E-state index contributed by atoms with van der Waals surface area (Å²) in [7, 11) is 1.28. The molecule has 1 aliphatic rings. The summed E-state index contributed by atoms with van der Waals surface area (Å²) in [6.07, 6.45) is 0. The van der Waals surface area contributed by atoms with Crippen molar-refractivity contribution in [1.82, 2.24) is 9.97 Å². The number of rotatable bonds is 4. The predicted octanol–water partition coefficient (Wildman–Crippen LogP) is 2.86. The number of carbonyl (C=O) groups is 1. The fraction of sp³-hybridized carbons (Fsp3) is 0.136. The van der Waals surface area contributed by atoms with Crippen molar-refractivity contribution >= 4 is 11.8 Å². The maximum atomic E-state index is 12.7. The van der Waals surface area contributed by atoms with Gasteiger partial charge in [-0.25, -0.2) is 9.59 Å². The maximum Gasteiger partial charge on any atom is 0.336 e. The van der Waals surface area contributed by atoms with Gasteiger partial charge in [0.1, 0.15) is 17.3 Å². The minimum Gasteiger partial charge on any atom is -0.466 e. The summed E-state index contributed by atoms with van der Waals surface area (Å²) in [5, 5.41) is 2.93. The Kier molecular flexibility index (Phi) is 4.97. The lowest BCUT2D eigenvalue weighted by Crippen LogP contribution is -2.34. The van der Waals surface area contributed by atoms with E-state index in [1.54, 1.807) is 31.2 Å². The normalized spacial score (nSPS) is 15.2. The van der Waals surface area contributed by atoms with Crippen molar-refractivity contribution in [2.45, 2.75) is 12.8 Å². The quantitative estimate of drug-likeness (QED) is 0.575. The first kappa shape index (κ1) is 19.3. The Balaban J connectivity index is 1.87. The second kappa shape index (κ2) is 7.75. The van der Waals surface area contributed by atoms with Gasteiger partial charge in [-0.15, -0.1) is 0 Å². The molecule has 0 unspecified atom stereocenters. The van der Waals surface area contributed by atoms with Crippen molar-refractivity contribution in [3.63, 3.8) is 0 Å². The number of ether oxygens (including phenoxy) is 2. The van der Waals surface area contributed by atoms with E-state index in [4.69, 9.17) is 9.47 Å². The molecule has 152 valence electrons. The Bertz CT molecular complexity index is 1260. The Morgan fingerprint density at radius 2 is 1.70 bits per heavy atom. The van der Waals surface area contributed by atoms with Crippen LogP contribution in [0, 0.1) is 0 Å². The van der Waals surface area contributed by atoms with Crippen molar-refractivity contribution in [1.29, 1.82) is 0 Å². The molecule has 0 saturated heterocycles. The number of allylic oxidation sites excluding steroid dienone is 1. The van der Waals surface area contributed by atoms with E-state index in [2.05, 4.69) is 15.3 Å². The summed E-state index contributed by atoms with van der Waals surface area (Å²) in [5.74, 6) is 0.112. The summed E-state index contributed by atoms with van der Waals surface area (Å²) in [5.41, 5.74) is 0.394. The van der Waals surface area contributed by atoms with Gasteiger partial charge in [0.2, 0.25) is 0 Å². The molecule has 8 heteroatoms. The number of H-pyrrole nitrogens is 2. The Morgan fingerprint density at radius 3 is 2.43 bits per heavy atom. The molecule has 1 aliphatic heterocycles.